The number of likely N-dealkylation sites (tertiary alicyclic amines) is 1. The van der Waals surface area contributed by atoms with Gasteiger partial charge in [0.15, 0.2) is 0 Å². The minimum Gasteiger partial charge on any atom is -0.354 e. The van der Waals surface area contributed by atoms with E-state index in [1.807, 2.05) is 0 Å². The molecule has 0 spiro atoms. The van der Waals surface area contributed by atoms with Crippen molar-refractivity contribution in [2.45, 2.75) is 26.2 Å². The summed E-state index contributed by atoms with van der Waals surface area (Å²) in [7, 11) is 0. The summed E-state index contributed by atoms with van der Waals surface area (Å²) in [6, 6.07) is -4.68. The molecule has 0 bridgehead atoms. The van der Waals surface area contributed by atoms with Gasteiger partial charge in [-0.15, -0.1) is 0 Å². The van der Waals surface area contributed by atoms with E-state index in [9.17, 15) is 6.17 Å². The zero-order valence-electron chi connectivity index (χ0n) is 27.4. The summed E-state index contributed by atoms with van der Waals surface area (Å²) in [6.07, 6.45) is -3.44. The van der Waals surface area contributed by atoms with Gasteiger partial charge in [-0.2, -0.15) is 0 Å². The molecule has 0 aromatic carbocycles. The maximum Gasteiger partial charge on any atom is 0.302 e. The van der Waals surface area contributed by atoms with E-state index in [-0.39, 0.29) is 16.2 Å². The Morgan fingerprint density at radius 1 is 1.75 bits per heavy atom. The Morgan fingerprint density at radius 3 is 3.38 bits per heavy atom. The van der Waals surface area contributed by atoms with Gasteiger partial charge in [0, 0.05) is 40.7 Å². The molecule has 1 amide bonds. The molecule has 2 aromatic rings. The second-order valence-electron chi connectivity index (χ2n) is 4.75. The molecule has 1 aliphatic rings. The molecule has 126 valence electrons. The minimum atomic E-state index is -4.30. The van der Waals surface area contributed by atoms with Crippen LogP contribution in [0.2, 0.25) is 0 Å². The van der Waals surface area contributed by atoms with Crippen molar-refractivity contribution < 1.29 is 25.4 Å². The molecule has 0 aliphatic carbocycles. The second kappa shape index (κ2) is 6.48. The van der Waals surface area contributed by atoms with Crippen LogP contribution in [0.5, 0.6) is 0 Å². The number of aryl methyl sites for hydroxylation is 1. The average Bonchev–Trinajstić information content (AvgIpc) is 3.04. The highest BCUT2D eigenvalue weighted by atomic mass is 16.2. The summed E-state index contributed by atoms with van der Waals surface area (Å²) >= 11 is 0. The second-order valence-corrected chi connectivity index (χ2v) is 4.75. The third-order valence-electron chi connectivity index (χ3n) is 3.09. The first-order valence-electron chi connectivity index (χ1n) is 14.2. The molecule has 2 aromatic heterocycles. The van der Waals surface area contributed by atoms with Gasteiger partial charge in [0.05, 0.1) is 16.9 Å². The summed E-state index contributed by atoms with van der Waals surface area (Å²) in [4.78, 5) is 25.1. The van der Waals surface area contributed by atoms with Gasteiger partial charge in [0.25, 0.3) is 6.54 Å². The van der Waals surface area contributed by atoms with E-state index >= 15 is 0 Å². The summed E-state index contributed by atoms with van der Waals surface area (Å²) in [6.45, 7) is -8.96. The SMILES string of the molecule is [2H]c1c(C)[nH]c2ncnc(N(C([2H])([2H])[2H])[C@@]3([2H])C([2H])([2H])N(C(=O)C[N+]#[C-])C([2H])([2H])C([2H])([2H])[C@@]3([2H])C([2H])([2H])[2H])c12. The van der Waals surface area contributed by atoms with Gasteiger partial charge in [-0.3, -0.25) is 4.79 Å². The molecule has 2 atom stereocenters. The highest BCUT2D eigenvalue weighted by molar-refractivity contribution is 5.88. The van der Waals surface area contributed by atoms with Crippen LogP contribution in [-0.2, 0) is 4.79 Å². The Balaban J connectivity index is 2.65. The van der Waals surface area contributed by atoms with Crippen LogP contribution in [0.3, 0.4) is 0 Å². The zero-order chi connectivity index (χ0) is 30.4. The number of amides is 1. The number of likely N-dealkylation sites (N-methyl/N-ethyl adjacent to an activating group) is 1. The fraction of sp³-hybridized carbons (Fsp3) is 0.529. The van der Waals surface area contributed by atoms with Gasteiger partial charge >= 0.3 is 5.91 Å². The molecule has 24 heavy (non-hydrogen) atoms. The molecule has 7 heteroatoms. The Morgan fingerprint density at radius 2 is 2.62 bits per heavy atom. The number of rotatable bonds is 3. The van der Waals surface area contributed by atoms with Gasteiger partial charge in [0.1, 0.15) is 17.8 Å². The van der Waals surface area contributed by atoms with Crippen molar-refractivity contribution in [2.75, 3.05) is 31.4 Å². The minimum absolute atomic E-state index is 0.108. The number of fused-ring (bicyclic) bond motifs is 1. The average molecular weight is 341 g/mol. The van der Waals surface area contributed by atoms with Gasteiger partial charge in [0.2, 0.25) is 0 Å². The van der Waals surface area contributed by atoms with Crippen molar-refractivity contribution in [3.05, 3.63) is 29.5 Å². The van der Waals surface area contributed by atoms with E-state index in [0.29, 0.717) is 0 Å². The Labute approximate surface area is 162 Å². The van der Waals surface area contributed by atoms with Gasteiger partial charge in [-0.1, -0.05) is 6.85 Å². The molecule has 0 saturated carbocycles. The van der Waals surface area contributed by atoms with Crippen molar-refractivity contribution in [3.63, 3.8) is 0 Å². The summed E-state index contributed by atoms with van der Waals surface area (Å²) < 4.78 is 126. The van der Waals surface area contributed by atoms with Crippen molar-refractivity contribution >= 4 is 22.8 Å². The van der Waals surface area contributed by atoms with Crippen LogP contribution in [-0.4, -0.2) is 58.3 Å². The van der Waals surface area contributed by atoms with Crippen molar-refractivity contribution in [1.82, 2.24) is 19.9 Å². The number of carbonyl (C=O) groups is 1. The van der Waals surface area contributed by atoms with Gasteiger partial charge in [-0.05, 0) is 25.2 Å². The summed E-state index contributed by atoms with van der Waals surface area (Å²) in [5, 5.41) is -0.449. The number of nitrogens with zero attached hydrogens (tertiary/aromatic N) is 5. The van der Waals surface area contributed by atoms with E-state index in [1.165, 1.54) is 6.92 Å². The molecule has 0 radical (unpaired) electrons. The van der Waals surface area contributed by atoms with E-state index < -0.39 is 79.7 Å². The number of carbonyl (C=O) groups excluding carboxylic acids is 1. The number of piperidine rings is 1. The van der Waals surface area contributed by atoms with Crippen LogP contribution >= 0.6 is 0 Å². The topological polar surface area (TPSA) is 69.5 Å². The summed E-state index contributed by atoms with van der Waals surface area (Å²) in [5.41, 5.74) is -0.0862. The molecule has 1 N–H and O–H groups in total. The molecule has 1 saturated heterocycles. The van der Waals surface area contributed by atoms with Crippen LogP contribution < -0.4 is 4.90 Å². The van der Waals surface area contributed by atoms with E-state index in [4.69, 9.17) is 25.8 Å². The molecule has 1 fully saturated rings. The zero-order valence-corrected chi connectivity index (χ0v) is 12.4. The normalized spacial score (nSPS) is 43.5. The lowest BCUT2D eigenvalue weighted by molar-refractivity contribution is -0.130. The number of H-pyrrole nitrogens is 1. The maximum absolute atomic E-state index is 12.9. The van der Waals surface area contributed by atoms with Crippen molar-refractivity contribution in [3.8, 4) is 0 Å². The third-order valence-corrected chi connectivity index (χ3v) is 3.09. The quantitative estimate of drug-likeness (QED) is 0.865. The predicted molar refractivity (Wildman–Crippen MR) is 92.6 cm³/mol. The lowest BCUT2D eigenvalue weighted by Gasteiger charge is -2.41. The first kappa shape index (κ1) is 6.03. The lowest BCUT2D eigenvalue weighted by atomic mass is 9.92. The molecule has 7 nitrogen and oxygen atoms in total. The number of hydrogen-bond donors (Lipinski definition) is 1. The van der Waals surface area contributed by atoms with Crippen LogP contribution in [0.1, 0.15) is 39.5 Å². The summed E-state index contributed by atoms with van der Waals surface area (Å²) in [5.74, 6) is -7.00. The van der Waals surface area contributed by atoms with Crippen LogP contribution in [0.4, 0.5) is 5.82 Å². The van der Waals surface area contributed by atoms with Crippen molar-refractivity contribution in [2.24, 2.45) is 5.89 Å². The van der Waals surface area contributed by atoms with E-state index in [2.05, 4.69) is 19.8 Å². The molecular formula is C17H22N6O. The predicted octanol–water partition coefficient (Wildman–Crippen LogP) is 1.86. The van der Waals surface area contributed by atoms with Crippen LogP contribution in [0.15, 0.2) is 12.4 Å². The number of aromatic nitrogens is 3. The van der Waals surface area contributed by atoms with Crippen LogP contribution in [0, 0.1) is 19.4 Å². The Bertz CT molecular complexity index is 1360. The Hall–Kier alpha value is -2.62. The molecule has 0 unspecified atom stereocenters. The number of nitrogens with one attached hydrogen (secondary N) is 1. The highest BCUT2D eigenvalue weighted by Gasteiger charge is 2.33. The molecule has 3 heterocycles. The van der Waals surface area contributed by atoms with Crippen LogP contribution in [0.25, 0.3) is 15.9 Å². The monoisotopic (exact) mass is 341 g/mol. The third kappa shape index (κ3) is 2.92. The van der Waals surface area contributed by atoms with Gasteiger partial charge in [-0.25, -0.2) is 16.5 Å². The number of hydrogen-bond acceptors (Lipinski definition) is 4. The molecular weight excluding hydrogens is 304 g/mol. The number of anilines is 1. The Kier molecular flexibility index (Phi) is 1.63. The molecule has 1 aliphatic heterocycles. The van der Waals surface area contributed by atoms with E-state index in [0.717, 1.165) is 6.33 Å². The molecule has 3 rings (SSSR count). The first-order chi connectivity index (χ1) is 17.4. The largest absolute Gasteiger partial charge is 0.354 e. The first-order valence-corrected chi connectivity index (χ1v) is 6.65. The fourth-order valence-corrected chi connectivity index (χ4v) is 2.04. The fourth-order valence-electron chi connectivity index (χ4n) is 2.04. The highest BCUT2D eigenvalue weighted by Crippen LogP contribution is 2.29. The standard InChI is InChI=1S/C17H22N6O/c1-11-5-6-23(15(24)8-18-3)9-14(11)22(4)17-13-7-12(2)21-16(13)19-10-20-17/h7,10-11,14H,5-6,8-9H2,1-2,4H3,(H,19,20,21)/t11-,14+/m1/s1/i1D3,4D3,5D2,6D2,7D,9D2,11D,14D. The number of aromatic amines is 1. The van der Waals surface area contributed by atoms with Gasteiger partial charge < -0.3 is 19.6 Å². The van der Waals surface area contributed by atoms with Crippen molar-refractivity contribution in [1.29, 1.82) is 0 Å². The lowest BCUT2D eigenvalue weighted by Crippen LogP contribution is -2.53. The maximum atomic E-state index is 12.9. The smallest absolute Gasteiger partial charge is 0.302 e. The van der Waals surface area contributed by atoms with E-state index in [1.54, 1.807) is 0 Å².